The van der Waals surface area contributed by atoms with Crippen LogP contribution in [0.3, 0.4) is 0 Å². The monoisotopic (exact) mass is 323 g/mol. The van der Waals surface area contributed by atoms with Gasteiger partial charge >= 0.3 is 0 Å². The molecule has 1 N–H and O–H groups in total. The molecule has 1 aliphatic rings. The van der Waals surface area contributed by atoms with E-state index in [-0.39, 0.29) is 5.91 Å². The molecule has 2 unspecified atom stereocenters. The molecule has 0 bridgehead atoms. The molecule has 1 amide bonds. The highest BCUT2D eigenvalue weighted by molar-refractivity contribution is 9.10. The van der Waals surface area contributed by atoms with E-state index in [1.807, 2.05) is 25.1 Å². The minimum Gasteiger partial charge on any atom is -0.349 e. The summed E-state index contributed by atoms with van der Waals surface area (Å²) in [5, 5.41) is 3.19. The minimum absolute atomic E-state index is 0.0650. The number of rotatable bonds is 2. The predicted molar refractivity (Wildman–Crippen MR) is 82.4 cm³/mol. The van der Waals surface area contributed by atoms with Gasteiger partial charge in [0.15, 0.2) is 0 Å². The molecule has 1 aromatic carbocycles. The highest BCUT2D eigenvalue weighted by atomic mass is 79.9. The van der Waals surface area contributed by atoms with Gasteiger partial charge in [0.05, 0.1) is 0 Å². The van der Waals surface area contributed by atoms with Crippen LogP contribution in [0.25, 0.3) is 0 Å². The lowest BCUT2D eigenvalue weighted by molar-refractivity contribution is 0.0933. The molecule has 0 radical (unpaired) electrons. The maximum atomic E-state index is 12.2. The van der Waals surface area contributed by atoms with E-state index in [4.69, 9.17) is 0 Å². The number of hydrogen-bond donors (Lipinski definition) is 1. The summed E-state index contributed by atoms with van der Waals surface area (Å²) in [6.45, 7) is 4.32. The van der Waals surface area contributed by atoms with Gasteiger partial charge in [-0.1, -0.05) is 35.7 Å². The van der Waals surface area contributed by atoms with Crippen molar-refractivity contribution >= 4 is 21.8 Å². The average Bonchev–Trinajstić information content (AvgIpc) is 2.58. The molecule has 2 rings (SSSR count). The fourth-order valence-electron chi connectivity index (χ4n) is 2.69. The van der Waals surface area contributed by atoms with Crippen LogP contribution in [0.15, 0.2) is 22.7 Å². The second-order valence-corrected chi connectivity index (χ2v) is 6.60. The van der Waals surface area contributed by atoms with Crippen molar-refractivity contribution in [3.63, 3.8) is 0 Å². The molecular formula is C16H22BrNO. The second kappa shape index (κ2) is 6.56. The SMILES string of the molecule is Cc1cc(C(=O)NC2CCCC(C)CC2)ccc1Br. The Morgan fingerprint density at radius 3 is 2.79 bits per heavy atom. The molecule has 1 saturated carbocycles. The van der Waals surface area contributed by atoms with E-state index < -0.39 is 0 Å². The van der Waals surface area contributed by atoms with E-state index in [1.54, 1.807) is 0 Å². The van der Waals surface area contributed by atoms with Crippen molar-refractivity contribution in [1.29, 1.82) is 0 Å². The van der Waals surface area contributed by atoms with Crippen molar-refractivity contribution in [2.45, 2.75) is 52.0 Å². The summed E-state index contributed by atoms with van der Waals surface area (Å²) in [7, 11) is 0. The van der Waals surface area contributed by atoms with Crippen molar-refractivity contribution in [3.05, 3.63) is 33.8 Å². The lowest BCUT2D eigenvalue weighted by Crippen LogP contribution is -2.34. The minimum atomic E-state index is 0.0650. The van der Waals surface area contributed by atoms with Crippen molar-refractivity contribution in [2.24, 2.45) is 5.92 Å². The molecule has 3 heteroatoms. The Labute approximate surface area is 124 Å². The summed E-state index contributed by atoms with van der Waals surface area (Å²) in [5.74, 6) is 0.868. The Bertz CT molecular complexity index is 458. The van der Waals surface area contributed by atoms with Gasteiger partial charge in [-0.15, -0.1) is 0 Å². The topological polar surface area (TPSA) is 29.1 Å². The van der Waals surface area contributed by atoms with Gasteiger partial charge in [0, 0.05) is 16.1 Å². The summed E-state index contributed by atoms with van der Waals surface area (Å²) in [6, 6.07) is 6.12. The van der Waals surface area contributed by atoms with E-state index in [0.29, 0.717) is 6.04 Å². The molecule has 2 atom stereocenters. The number of benzene rings is 1. The van der Waals surface area contributed by atoms with Gasteiger partial charge in [-0.2, -0.15) is 0 Å². The molecule has 1 aliphatic carbocycles. The maximum absolute atomic E-state index is 12.2. The number of halogens is 1. The Hall–Kier alpha value is -0.830. The molecule has 0 spiro atoms. The van der Waals surface area contributed by atoms with Crippen molar-refractivity contribution < 1.29 is 4.79 Å². The number of aryl methyl sites for hydroxylation is 1. The summed E-state index contributed by atoms with van der Waals surface area (Å²) in [5.41, 5.74) is 1.86. The van der Waals surface area contributed by atoms with Crippen molar-refractivity contribution in [1.82, 2.24) is 5.32 Å². The van der Waals surface area contributed by atoms with E-state index in [2.05, 4.69) is 28.2 Å². The van der Waals surface area contributed by atoms with Crippen LogP contribution in [0, 0.1) is 12.8 Å². The van der Waals surface area contributed by atoms with Crippen LogP contribution in [-0.4, -0.2) is 11.9 Å². The maximum Gasteiger partial charge on any atom is 0.251 e. The van der Waals surface area contributed by atoms with Gasteiger partial charge in [0.25, 0.3) is 5.91 Å². The standard InChI is InChI=1S/C16H22BrNO/c1-11-4-3-5-14(8-6-11)18-16(19)13-7-9-15(17)12(2)10-13/h7,9-11,14H,3-6,8H2,1-2H3,(H,18,19). The second-order valence-electron chi connectivity index (χ2n) is 5.75. The molecule has 2 nitrogen and oxygen atoms in total. The average molecular weight is 324 g/mol. The molecule has 0 aromatic heterocycles. The molecule has 1 aromatic rings. The zero-order chi connectivity index (χ0) is 13.8. The zero-order valence-electron chi connectivity index (χ0n) is 11.7. The summed E-state index contributed by atoms with van der Waals surface area (Å²) in [6.07, 6.45) is 5.98. The van der Waals surface area contributed by atoms with Gasteiger partial charge in [-0.3, -0.25) is 4.79 Å². The first-order valence-electron chi connectivity index (χ1n) is 7.13. The number of carbonyl (C=O) groups is 1. The molecule has 19 heavy (non-hydrogen) atoms. The van der Waals surface area contributed by atoms with Crippen LogP contribution < -0.4 is 5.32 Å². The van der Waals surface area contributed by atoms with E-state index in [1.165, 1.54) is 19.3 Å². The van der Waals surface area contributed by atoms with Gasteiger partial charge < -0.3 is 5.32 Å². The lowest BCUT2D eigenvalue weighted by atomic mass is 10.0. The Balaban J connectivity index is 1.98. The Morgan fingerprint density at radius 1 is 1.26 bits per heavy atom. The van der Waals surface area contributed by atoms with E-state index in [9.17, 15) is 4.79 Å². The smallest absolute Gasteiger partial charge is 0.251 e. The third-order valence-corrected chi connectivity index (χ3v) is 4.90. The van der Waals surface area contributed by atoms with E-state index in [0.717, 1.165) is 34.4 Å². The number of nitrogens with one attached hydrogen (secondary N) is 1. The lowest BCUT2D eigenvalue weighted by Gasteiger charge is -2.16. The summed E-state index contributed by atoms with van der Waals surface area (Å²) in [4.78, 5) is 12.2. The van der Waals surface area contributed by atoms with Crippen LogP contribution in [0.4, 0.5) is 0 Å². The fourth-order valence-corrected chi connectivity index (χ4v) is 2.93. The fraction of sp³-hybridized carbons (Fsp3) is 0.562. The molecule has 104 valence electrons. The van der Waals surface area contributed by atoms with Crippen LogP contribution in [0.2, 0.25) is 0 Å². The van der Waals surface area contributed by atoms with Gasteiger partial charge in [-0.05, 0) is 55.9 Å². The Kier molecular flexibility index (Phi) is 5.03. The highest BCUT2D eigenvalue weighted by Crippen LogP contribution is 2.23. The third-order valence-electron chi connectivity index (χ3n) is 4.01. The quantitative estimate of drug-likeness (QED) is 0.800. The van der Waals surface area contributed by atoms with Crippen molar-refractivity contribution in [2.75, 3.05) is 0 Å². The first-order chi connectivity index (χ1) is 9.06. The number of carbonyl (C=O) groups excluding carboxylic acids is 1. The summed E-state index contributed by atoms with van der Waals surface area (Å²) < 4.78 is 1.05. The molecular weight excluding hydrogens is 302 g/mol. The largest absolute Gasteiger partial charge is 0.349 e. The van der Waals surface area contributed by atoms with Gasteiger partial charge in [0.2, 0.25) is 0 Å². The van der Waals surface area contributed by atoms with Gasteiger partial charge in [0.1, 0.15) is 0 Å². The highest BCUT2D eigenvalue weighted by Gasteiger charge is 2.18. The van der Waals surface area contributed by atoms with Crippen LogP contribution >= 0.6 is 15.9 Å². The van der Waals surface area contributed by atoms with Crippen molar-refractivity contribution in [3.8, 4) is 0 Å². The molecule has 0 saturated heterocycles. The third kappa shape index (κ3) is 4.07. The molecule has 0 heterocycles. The predicted octanol–water partition coefficient (Wildman–Crippen LogP) is 4.46. The van der Waals surface area contributed by atoms with Gasteiger partial charge in [-0.25, -0.2) is 0 Å². The Morgan fingerprint density at radius 2 is 2.05 bits per heavy atom. The number of hydrogen-bond acceptors (Lipinski definition) is 1. The molecule has 1 fully saturated rings. The van der Waals surface area contributed by atoms with E-state index >= 15 is 0 Å². The van der Waals surface area contributed by atoms with Crippen LogP contribution in [-0.2, 0) is 0 Å². The van der Waals surface area contributed by atoms with Crippen LogP contribution in [0.5, 0.6) is 0 Å². The first kappa shape index (κ1) is 14.6. The summed E-state index contributed by atoms with van der Waals surface area (Å²) >= 11 is 3.46. The van der Waals surface area contributed by atoms with Crippen LogP contribution in [0.1, 0.15) is 54.9 Å². The first-order valence-corrected chi connectivity index (χ1v) is 7.92. The molecule has 0 aliphatic heterocycles. The normalized spacial score (nSPS) is 23.7. The zero-order valence-corrected chi connectivity index (χ0v) is 13.3. The number of amides is 1.